The quantitative estimate of drug-likeness (QED) is 0.726. The van der Waals surface area contributed by atoms with Gasteiger partial charge in [-0.3, -0.25) is 9.69 Å². The van der Waals surface area contributed by atoms with E-state index in [-0.39, 0.29) is 11.3 Å². The number of hydrogen-bond donors (Lipinski definition) is 1. The Labute approximate surface area is 159 Å². The van der Waals surface area contributed by atoms with Gasteiger partial charge in [0.1, 0.15) is 0 Å². The van der Waals surface area contributed by atoms with Crippen LogP contribution in [0.4, 0.5) is 18.9 Å². The fourth-order valence-corrected chi connectivity index (χ4v) is 3.01. The summed E-state index contributed by atoms with van der Waals surface area (Å²) in [5, 5.41) is 2.99. The molecule has 1 aromatic rings. The number of halogens is 3. The van der Waals surface area contributed by atoms with E-state index < -0.39 is 11.7 Å². The predicted octanol–water partition coefficient (Wildman–Crippen LogP) is 3.77. The standard InChI is InChI=1S/C20H30F3N3O/c1-4-19(2,3)18(27)24-9-6-10-25-11-13-26(14-12-25)17-8-5-7-16(15-17)20(21,22)23/h5,7-8,15H,4,6,9-14H2,1-3H3,(H,24,27). The third-order valence-corrected chi connectivity index (χ3v) is 5.35. The topological polar surface area (TPSA) is 35.6 Å². The lowest BCUT2D eigenvalue weighted by Crippen LogP contribution is -2.47. The number of alkyl halides is 3. The smallest absolute Gasteiger partial charge is 0.369 e. The molecule has 0 unspecified atom stereocenters. The van der Waals surface area contributed by atoms with Crippen LogP contribution in [-0.4, -0.2) is 50.1 Å². The van der Waals surface area contributed by atoms with Gasteiger partial charge >= 0.3 is 6.18 Å². The molecule has 0 spiro atoms. The molecule has 1 saturated heterocycles. The normalized spacial score (nSPS) is 16.4. The largest absolute Gasteiger partial charge is 0.416 e. The average Bonchev–Trinajstić information content (AvgIpc) is 2.65. The molecule has 1 fully saturated rings. The Hall–Kier alpha value is -1.76. The lowest BCUT2D eigenvalue weighted by molar-refractivity contribution is -0.137. The molecule has 0 aliphatic carbocycles. The van der Waals surface area contributed by atoms with Crippen LogP contribution < -0.4 is 10.2 Å². The summed E-state index contributed by atoms with van der Waals surface area (Å²) in [5.74, 6) is 0.0827. The molecule has 0 atom stereocenters. The van der Waals surface area contributed by atoms with Gasteiger partial charge in [0.2, 0.25) is 5.91 Å². The van der Waals surface area contributed by atoms with Crippen molar-refractivity contribution in [3.63, 3.8) is 0 Å². The minimum atomic E-state index is -4.31. The number of piperazine rings is 1. The van der Waals surface area contributed by atoms with Crippen LogP contribution in [0.1, 0.15) is 39.2 Å². The van der Waals surface area contributed by atoms with E-state index in [1.807, 2.05) is 25.7 Å². The lowest BCUT2D eigenvalue weighted by Gasteiger charge is -2.36. The summed E-state index contributed by atoms with van der Waals surface area (Å²) in [6, 6.07) is 5.52. The first-order chi connectivity index (χ1) is 12.6. The van der Waals surface area contributed by atoms with Gasteiger partial charge in [0.05, 0.1) is 5.56 Å². The Bertz CT molecular complexity index is 623. The summed E-state index contributed by atoms with van der Waals surface area (Å²) >= 11 is 0. The van der Waals surface area contributed by atoms with E-state index >= 15 is 0 Å². The molecule has 1 amide bonds. The van der Waals surface area contributed by atoms with Gasteiger partial charge in [0.15, 0.2) is 0 Å². The Morgan fingerprint density at radius 1 is 1.15 bits per heavy atom. The Kier molecular flexibility index (Phi) is 7.14. The minimum absolute atomic E-state index is 0.0827. The molecule has 0 radical (unpaired) electrons. The maximum Gasteiger partial charge on any atom is 0.416 e. The second-order valence-corrected chi connectivity index (χ2v) is 7.72. The first kappa shape index (κ1) is 21.5. The fraction of sp³-hybridized carbons (Fsp3) is 0.650. The predicted molar refractivity (Wildman–Crippen MR) is 102 cm³/mol. The van der Waals surface area contributed by atoms with E-state index in [0.717, 1.165) is 38.5 Å². The van der Waals surface area contributed by atoms with Crippen molar-refractivity contribution in [3.8, 4) is 0 Å². The Morgan fingerprint density at radius 2 is 1.81 bits per heavy atom. The van der Waals surface area contributed by atoms with Crippen LogP contribution >= 0.6 is 0 Å². The summed E-state index contributed by atoms with van der Waals surface area (Å²) in [6.45, 7) is 10.4. The molecule has 1 heterocycles. The van der Waals surface area contributed by atoms with Crippen molar-refractivity contribution in [3.05, 3.63) is 29.8 Å². The first-order valence-electron chi connectivity index (χ1n) is 9.56. The number of rotatable bonds is 7. The van der Waals surface area contributed by atoms with Crippen LogP contribution in [0.25, 0.3) is 0 Å². The van der Waals surface area contributed by atoms with E-state index in [0.29, 0.717) is 25.3 Å². The zero-order chi connectivity index (χ0) is 20.1. The molecule has 1 aliphatic rings. The SMILES string of the molecule is CCC(C)(C)C(=O)NCCCN1CCN(c2cccc(C(F)(F)F)c2)CC1. The highest BCUT2D eigenvalue weighted by molar-refractivity contribution is 5.81. The Balaban J connectivity index is 1.74. The van der Waals surface area contributed by atoms with Gasteiger partial charge in [-0.05, 0) is 37.6 Å². The summed E-state index contributed by atoms with van der Waals surface area (Å²) in [6.07, 6.45) is -2.64. The molecule has 2 rings (SSSR count). The van der Waals surface area contributed by atoms with Crippen molar-refractivity contribution >= 4 is 11.6 Å². The lowest BCUT2D eigenvalue weighted by atomic mass is 9.89. The van der Waals surface area contributed by atoms with Crippen LogP contribution in [0.5, 0.6) is 0 Å². The van der Waals surface area contributed by atoms with Crippen molar-refractivity contribution in [2.75, 3.05) is 44.2 Å². The van der Waals surface area contributed by atoms with Crippen LogP contribution in [0.2, 0.25) is 0 Å². The average molecular weight is 385 g/mol. The molecule has 0 saturated carbocycles. The van der Waals surface area contributed by atoms with Gasteiger partial charge < -0.3 is 10.2 Å². The summed E-state index contributed by atoms with van der Waals surface area (Å²) in [5.41, 5.74) is -0.317. The fourth-order valence-electron chi connectivity index (χ4n) is 3.01. The molecule has 27 heavy (non-hydrogen) atoms. The molecule has 0 aromatic heterocycles. The number of anilines is 1. The van der Waals surface area contributed by atoms with Crippen molar-refractivity contribution < 1.29 is 18.0 Å². The number of carbonyl (C=O) groups excluding carboxylic acids is 1. The maximum atomic E-state index is 12.9. The third kappa shape index (κ3) is 6.13. The van der Waals surface area contributed by atoms with Gasteiger partial charge in [0, 0.05) is 43.8 Å². The van der Waals surface area contributed by atoms with Crippen molar-refractivity contribution in [1.29, 1.82) is 0 Å². The van der Waals surface area contributed by atoms with E-state index in [1.54, 1.807) is 6.07 Å². The Morgan fingerprint density at radius 3 is 2.41 bits per heavy atom. The van der Waals surface area contributed by atoms with Gasteiger partial charge in [-0.25, -0.2) is 0 Å². The van der Waals surface area contributed by atoms with Crippen molar-refractivity contribution in [2.24, 2.45) is 5.41 Å². The van der Waals surface area contributed by atoms with Crippen LogP contribution in [0, 0.1) is 5.41 Å². The monoisotopic (exact) mass is 385 g/mol. The number of amides is 1. The highest BCUT2D eigenvalue weighted by Gasteiger charge is 2.31. The minimum Gasteiger partial charge on any atom is -0.369 e. The van der Waals surface area contributed by atoms with Gasteiger partial charge in [0.25, 0.3) is 0 Å². The number of hydrogen-bond acceptors (Lipinski definition) is 3. The van der Waals surface area contributed by atoms with Crippen LogP contribution in [0.3, 0.4) is 0 Å². The summed E-state index contributed by atoms with van der Waals surface area (Å²) in [7, 11) is 0. The van der Waals surface area contributed by atoms with E-state index in [1.165, 1.54) is 12.1 Å². The van der Waals surface area contributed by atoms with Crippen LogP contribution in [-0.2, 0) is 11.0 Å². The molecular weight excluding hydrogens is 355 g/mol. The summed E-state index contributed by atoms with van der Waals surface area (Å²) < 4.78 is 38.6. The molecule has 7 heteroatoms. The summed E-state index contributed by atoms with van der Waals surface area (Å²) in [4.78, 5) is 16.3. The third-order valence-electron chi connectivity index (χ3n) is 5.35. The molecule has 0 bridgehead atoms. The van der Waals surface area contributed by atoms with E-state index in [9.17, 15) is 18.0 Å². The van der Waals surface area contributed by atoms with E-state index in [2.05, 4.69) is 10.2 Å². The number of nitrogens with one attached hydrogen (secondary N) is 1. The van der Waals surface area contributed by atoms with Gasteiger partial charge in [-0.15, -0.1) is 0 Å². The van der Waals surface area contributed by atoms with E-state index in [4.69, 9.17) is 0 Å². The zero-order valence-corrected chi connectivity index (χ0v) is 16.4. The molecular formula is C20H30F3N3O. The number of benzene rings is 1. The van der Waals surface area contributed by atoms with Crippen molar-refractivity contribution in [1.82, 2.24) is 10.2 Å². The van der Waals surface area contributed by atoms with Gasteiger partial charge in [-0.2, -0.15) is 13.2 Å². The molecule has 1 aromatic carbocycles. The molecule has 1 N–H and O–H groups in total. The second kappa shape index (κ2) is 8.95. The van der Waals surface area contributed by atoms with Gasteiger partial charge in [-0.1, -0.05) is 26.8 Å². The number of nitrogens with zero attached hydrogens (tertiary/aromatic N) is 2. The molecule has 4 nitrogen and oxygen atoms in total. The molecule has 1 aliphatic heterocycles. The second-order valence-electron chi connectivity index (χ2n) is 7.72. The highest BCUT2D eigenvalue weighted by atomic mass is 19.4. The highest BCUT2D eigenvalue weighted by Crippen LogP contribution is 2.31. The first-order valence-corrected chi connectivity index (χ1v) is 9.56. The maximum absolute atomic E-state index is 12.9. The van der Waals surface area contributed by atoms with Crippen molar-refractivity contribution in [2.45, 2.75) is 39.8 Å². The number of carbonyl (C=O) groups is 1. The molecule has 152 valence electrons. The zero-order valence-electron chi connectivity index (χ0n) is 16.4. The van der Waals surface area contributed by atoms with Crippen LogP contribution in [0.15, 0.2) is 24.3 Å².